The Balaban J connectivity index is 2.05. The smallest absolute Gasteiger partial charge is 0.323 e. The maximum absolute atomic E-state index is 12.3. The van der Waals surface area contributed by atoms with Crippen LogP contribution >= 0.6 is 0 Å². The number of rotatable bonds is 4. The first-order valence-electron chi connectivity index (χ1n) is 6.92. The van der Waals surface area contributed by atoms with Crippen LogP contribution in [0.25, 0.3) is 0 Å². The first kappa shape index (κ1) is 14.4. The molecule has 0 unspecified atom stereocenters. The van der Waals surface area contributed by atoms with Crippen molar-refractivity contribution >= 4 is 17.7 Å². The van der Waals surface area contributed by atoms with Gasteiger partial charge in [0.15, 0.2) is 0 Å². The second-order valence-corrected chi connectivity index (χ2v) is 5.26. The van der Waals surface area contributed by atoms with E-state index in [4.69, 9.17) is 5.11 Å². The van der Waals surface area contributed by atoms with E-state index < -0.39 is 5.97 Å². The predicted molar refractivity (Wildman–Crippen MR) is 76.8 cm³/mol. The molecule has 108 valence electrons. The average molecular weight is 276 g/mol. The van der Waals surface area contributed by atoms with Crippen LogP contribution in [-0.4, -0.2) is 34.6 Å². The second kappa shape index (κ2) is 6.41. The van der Waals surface area contributed by atoms with E-state index in [-0.39, 0.29) is 18.6 Å². The zero-order valence-corrected chi connectivity index (χ0v) is 11.6. The van der Waals surface area contributed by atoms with Crippen molar-refractivity contribution in [3.8, 4) is 0 Å². The zero-order chi connectivity index (χ0) is 14.5. The standard InChI is InChI=1S/C15H20N2O3/c1-11-6-8-12(9-7-11)16-15(20)17(10-14(18)19)13-4-2-3-5-13/h6-9,13H,2-5,10H2,1H3,(H,16,20)(H,18,19). The molecule has 1 aromatic carbocycles. The molecule has 1 aliphatic rings. The summed E-state index contributed by atoms with van der Waals surface area (Å²) in [5.41, 5.74) is 1.80. The van der Waals surface area contributed by atoms with Gasteiger partial charge in [0, 0.05) is 11.7 Å². The Morgan fingerprint density at radius 1 is 1.25 bits per heavy atom. The molecular weight excluding hydrogens is 256 g/mol. The number of aryl methyl sites for hydroxylation is 1. The van der Waals surface area contributed by atoms with Gasteiger partial charge < -0.3 is 15.3 Å². The van der Waals surface area contributed by atoms with Crippen molar-refractivity contribution in [2.45, 2.75) is 38.6 Å². The third-order valence-electron chi connectivity index (χ3n) is 3.63. The maximum Gasteiger partial charge on any atom is 0.323 e. The molecular formula is C15H20N2O3. The van der Waals surface area contributed by atoms with Crippen molar-refractivity contribution < 1.29 is 14.7 Å². The Kier molecular flexibility index (Phi) is 4.61. The molecule has 1 aromatic rings. The number of benzene rings is 1. The monoisotopic (exact) mass is 276 g/mol. The number of nitrogens with zero attached hydrogens (tertiary/aromatic N) is 1. The molecule has 5 heteroatoms. The molecule has 1 saturated carbocycles. The van der Waals surface area contributed by atoms with Gasteiger partial charge in [0.1, 0.15) is 6.54 Å². The largest absolute Gasteiger partial charge is 0.480 e. The Labute approximate surface area is 118 Å². The number of carboxylic acids is 1. The van der Waals surface area contributed by atoms with Gasteiger partial charge in [-0.1, -0.05) is 30.5 Å². The summed E-state index contributed by atoms with van der Waals surface area (Å²) < 4.78 is 0. The van der Waals surface area contributed by atoms with Crippen LogP contribution in [0.2, 0.25) is 0 Å². The van der Waals surface area contributed by atoms with Crippen molar-refractivity contribution in [1.82, 2.24) is 4.90 Å². The van der Waals surface area contributed by atoms with Crippen molar-refractivity contribution in [3.63, 3.8) is 0 Å². The highest BCUT2D eigenvalue weighted by Crippen LogP contribution is 2.24. The Morgan fingerprint density at radius 3 is 2.40 bits per heavy atom. The molecule has 1 aliphatic carbocycles. The topological polar surface area (TPSA) is 69.6 Å². The fourth-order valence-corrected chi connectivity index (χ4v) is 2.56. The van der Waals surface area contributed by atoms with E-state index in [0.717, 1.165) is 31.2 Å². The van der Waals surface area contributed by atoms with Gasteiger partial charge in [-0.05, 0) is 31.9 Å². The number of carbonyl (C=O) groups is 2. The summed E-state index contributed by atoms with van der Waals surface area (Å²) in [6.45, 7) is 1.73. The number of anilines is 1. The van der Waals surface area contributed by atoms with Crippen molar-refractivity contribution in [2.75, 3.05) is 11.9 Å². The fourth-order valence-electron chi connectivity index (χ4n) is 2.56. The average Bonchev–Trinajstić information content (AvgIpc) is 2.92. The molecule has 2 rings (SSSR count). The fraction of sp³-hybridized carbons (Fsp3) is 0.467. The van der Waals surface area contributed by atoms with Crippen LogP contribution in [0, 0.1) is 6.92 Å². The SMILES string of the molecule is Cc1ccc(NC(=O)N(CC(=O)O)C2CCCC2)cc1. The number of urea groups is 1. The lowest BCUT2D eigenvalue weighted by molar-refractivity contribution is -0.138. The third-order valence-corrected chi connectivity index (χ3v) is 3.63. The lowest BCUT2D eigenvalue weighted by atomic mass is 10.2. The summed E-state index contributed by atoms with van der Waals surface area (Å²) in [6.07, 6.45) is 3.88. The molecule has 0 aliphatic heterocycles. The normalized spacial score (nSPS) is 15.1. The third kappa shape index (κ3) is 3.73. The minimum Gasteiger partial charge on any atom is -0.480 e. The van der Waals surface area contributed by atoms with Crippen LogP contribution in [-0.2, 0) is 4.79 Å². The number of carbonyl (C=O) groups excluding carboxylic acids is 1. The van der Waals surface area contributed by atoms with Gasteiger partial charge in [0.25, 0.3) is 0 Å². The first-order valence-corrected chi connectivity index (χ1v) is 6.92. The van der Waals surface area contributed by atoms with Crippen LogP contribution in [0.15, 0.2) is 24.3 Å². The number of carboxylic acid groups (broad SMARTS) is 1. The molecule has 5 nitrogen and oxygen atoms in total. The number of nitrogens with one attached hydrogen (secondary N) is 1. The summed E-state index contributed by atoms with van der Waals surface area (Å²) in [5, 5.41) is 11.7. The molecule has 0 bridgehead atoms. The quantitative estimate of drug-likeness (QED) is 0.888. The minimum absolute atomic E-state index is 0.0385. The molecule has 2 amide bonds. The van der Waals surface area contributed by atoms with Gasteiger partial charge >= 0.3 is 12.0 Å². The van der Waals surface area contributed by atoms with Gasteiger partial charge in [-0.3, -0.25) is 4.79 Å². The van der Waals surface area contributed by atoms with Gasteiger partial charge in [-0.25, -0.2) is 4.79 Å². The highest BCUT2D eigenvalue weighted by Gasteiger charge is 2.28. The molecule has 1 fully saturated rings. The van der Waals surface area contributed by atoms with E-state index in [1.165, 1.54) is 4.90 Å². The molecule has 20 heavy (non-hydrogen) atoms. The van der Waals surface area contributed by atoms with Gasteiger partial charge in [-0.2, -0.15) is 0 Å². The number of hydrogen-bond acceptors (Lipinski definition) is 2. The van der Waals surface area contributed by atoms with Crippen LogP contribution in [0.1, 0.15) is 31.2 Å². The van der Waals surface area contributed by atoms with E-state index in [0.29, 0.717) is 5.69 Å². The second-order valence-electron chi connectivity index (χ2n) is 5.26. The Hall–Kier alpha value is -2.04. The zero-order valence-electron chi connectivity index (χ0n) is 11.6. The molecule has 0 heterocycles. The van der Waals surface area contributed by atoms with Crippen molar-refractivity contribution in [2.24, 2.45) is 0 Å². The molecule has 0 radical (unpaired) electrons. The highest BCUT2D eigenvalue weighted by atomic mass is 16.4. The van der Waals surface area contributed by atoms with E-state index in [1.807, 2.05) is 31.2 Å². The van der Waals surface area contributed by atoms with Gasteiger partial charge in [0.05, 0.1) is 0 Å². The highest BCUT2D eigenvalue weighted by molar-refractivity contribution is 5.91. The van der Waals surface area contributed by atoms with Crippen LogP contribution in [0.3, 0.4) is 0 Å². The van der Waals surface area contributed by atoms with Crippen LogP contribution in [0.5, 0.6) is 0 Å². The van der Waals surface area contributed by atoms with Gasteiger partial charge in [0.2, 0.25) is 0 Å². The van der Waals surface area contributed by atoms with Crippen molar-refractivity contribution in [3.05, 3.63) is 29.8 Å². The Bertz CT molecular complexity index is 478. The molecule has 0 saturated heterocycles. The summed E-state index contributed by atoms with van der Waals surface area (Å²) in [4.78, 5) is 24.7. The summed E-state index contributed by atoms with van der Waals surface area (Å²) in [5.74, 6) is -0.976. The van der Waals surface area contributed by atoms with E-state index in [1.54, 1.807) is 0 Å². The number of amides is 2. The Morgan fingerprint density at radius 2 is 1.85 bits per heavy atom. The van der Waals surface area contributed by atoms with Gasteiger partial charge in [-0.15, -0.1) is 0 Å². The lowest BCUT2D eigenvalue weighted by Gasteiger charge is -2.27. The maximum atomic E-state index is 12.3. The number of aliphatic carboxylic acids is 1. The molecule has 0 aromatic heterocycles. The first-order chi connectivity index (χ1) is 9.56. The van der Waals surface area contributed by atoms with Crippen LogP contribution < -0.4 is 5.32 Å². The summed E-state index contributed by atoms with van der Waals surface area (Å²) in [7, 11) is 0. The lowest BCUT2D eigenvalue weighted by Crippen LogP contribution is -2.44. The van der Waals surface area contributed by atoms with E-state index in [9.17, 15) is 9.59 Å². The van der Waals surface area contributed by atoms with E-state index in [2.05, 4.69) is 5.32 Å². The minimum atomic E-state index is -0.976. The predicted octanol–water partition coefficient (Wildman–Crippen LogP) is 2.86. The van der Waals surface area contributed by atoms with Crippen molar-refractivity contribution in [1.29, 1.82) is 0 Å². The molecule has 2 N–H and O–H groups in total. The molecule has 0 spiro atoms. The number of hydrogen-bond donors (Lipinski definition) is 2. The van der Waals surface area contributed by atoms with E-state index >= 15 is 0 Å². The summed E-state index contributed by atoms with van der Waals surface area (Å²) >= 11 is 0. The van der Waals surface area contributed by atoms with Crippen LogP contribution in [0.4, 0.5) is 10.5 Å². The molecule has 0 atom stereocenters. The summed E-state index contributed by atoms with van der Waals surface area (Å²) in [6, 6.07) is 7.17.